The lowest BCUT2D eigenvalue weighted by atomic mass is 10.0. The maximum atomic E-state index is 14.5. The van der Waals surface area contributed by atoms with Gasteiger partial charge in [0.2, 0.25) is 11.8 Å². The molecule has 1 N–H and O–H groups in total. The van der Waals surface area contributed by atoms with Crippen molar-refractivity contribution in [3.05, 3.63) is 125 Å². The second kappa shape index (κ2) is 15.6. The molecular formula is C35H38ClN3O5S. The van der Waals surface area contributed by atoms with Gasteiger partial charge in [-0.2, -0.15) is 0 Å². The Kier molecular flexibility index (Phi) is 11.6. The first-order valence-electron chi connectivity index (χ1n) is 14.7. The summed E-state index contributed by atoms with van der Waals surface area (Å²) in [7, 11) is -2.65. The molecule has 0 fully saturated rings. The number of methoxy groups -OCH3 is 1. The van der Waals surface area contributed by atoms with Gasteiger partial charge in [-0.1, -0.05) is 92.2 Å². The first-order chi connectivity index (χ1) is 21.6. The summed E-state index contributed by atoms with van der Waals surface area (Å²) in [5, 5.41) is 3.30. The highest BCUT2D eigenvalue weighted by atomic mass is 35.5. The van der Waals surface area contributed by atoms with Crippen LogP contribution in [0.3, 0.4) is 0 Å². The molecule has 0 aliphatic heterocycles. The van der Waals surface area contributed by atoms with Crippen LogP contribution in [0.15, 0.2) is 114 Å². The Bertz CT molecular complexity index is 1680. The minimum absolute atomic E-state index is 0.0210. The number of carbonyl (C=O) groups excluding carboxylic acids is 2. The van der Waals surface area contributed by atoms with Crippen LogP contribution in [0.25, 0.3) is 0 Å². The Labute approximate surface area is 270 Å². The number of nitrogens with one attached hydrogen (secondary N) is 1. The predicted octanol–water partition coefficient (Wildman–Crippen LogP) is 5.96. The van der Waals surface area contributed by atoms with E-state index in [9.17, 15) is 18.0 Å². The van der Waals surface area contributed by atoms with Crippen LogP contribution < -0.4 is 14.4 Å². The van der Waals surface area contributed by atoms with Crippen LogP contribution >= 0.6 is 11.6 Å². The van der Waals surface area contributed by atoms with Gasteiger partial charge in [0.25, 0.3) is 10.0 Å². The molecule has 0 unspecified atom stereocenters. The summed E-state index contributed by atoms with van der Waals surface area (Å²) in [6.45, 7) is 3.87. The quantitative estimate of drug-likeness (QED) is 0.182. The van der Waals surface area contributed by atoms with Crippen molar-refractivity contribution in [3.63, 3.8) is 0 Å². The molecule has 236 valence electrons. The molecule has 4 aromatic rings. The van der Waals surface area contributed by atoms with Crippen molar-refractivity contribution in [1.29, 1.82) is 0 Å². The third-order valence-electron chi connectivity index (χ3n) is 7.15. The van der Waals surface area contributed by atoms with Crippen molar-refractivity contribution in [1.82, 2.24) is 10.2 Å². The zero-order chi connectivity index (χ0) is 32.4. The summed E-state index contributed by atoms with van der Waals surface area (Å²) in [6.07, 6.45) is 0.225. The molecule has 4 aromatic carbocycles. The Morgan fingerprint density at radius 1 is 0.844 bits per heavy atom. The van der Waals surface area contributed by atoms with E-state index in [0.29, 0.717) is 17.3 Å². The standard InChI is InChI=1S/C35H38ClN3O5S/c1-26(2)23-37-35(41)33(21-27-12-6-4-7-13-27)38(24-28-14-10-17-31(20-28)44-3)34(40)25-39(30-16-11-15-29(36)22-30)45(42,43)32-18-8-5-9-19-32/h4-20,22,26,33H,21,23-25H2,1-3H3,(H,37,41)/t33-/m1/s1. The Morgan fingerprint density at radius 3 is 2.13 bits per heavy atom. The van der Waals surface area contributed by atoms with Crippen molar-refractivity contribution in [3.8, 4) is 5.75 Å². The van der Waals surface area contributed by atoms with Gasteiger partial charge in [-0.25, -0.2) is 8.42 Å². The minimum atomic E-state index is -4.20. The van der Waals surface area contributed by atoms with Gasteiger partial charge in [0.15, 0.2) is 0 Å². The van der Waals surface area contributed by atoms with E-state index in [-0.39, 0.29) is 35.4 Å². The van der Waals surface area contributed by atoms with Crippen molar-refractivity contribution in [2.24, 2.45) is 5.92 Å². The number of anilines is 1. The molecule has 0 spiro atoms. The van der Waals surface area contributed by atoms with Gasteiger partial charge in [-0.05, 0) is 59.5 Å². The van der Waals surface area contributed by atoms with Crippen LogP contribution in [0.2, 0.25) is 5.02 Å². The molecule has 0 aliphatic carbocycles. The Hall–Kier alpha value is -4.34. The second-order valence-electron chi connectivity index (χ2n) is 11.0. The Balaban J connectivity index is 1.80. The van der Waals surface area contributed by atoms with E-state index in [1.165, 1.54) is 23.1 Å². The maximum Gasteiger partial charge on any atom is 0.264 e. The molecule has 1 atom stereocenters. The van der Waals surface area contributed by atoms with E-state index < -0.39 is 28.5 Å². The van der Waals surface area contributed by atoms with E-state index in [0.717, 1.165) is 15.4 Å². The van der Waals surface area contributed by atoms with E-state index in [4.69, 9.17) is 16.3 Å². The average molecular weight is 648 g/mol. The summed E-state index contributed by atoms with van der Waals surface area (Å²) < 4.78 is 34.5. The van der Waals surface area contributed by atoms with Crippen LogP contribution in [0.4, 0.5) is 5.69 Å². The van der Waals surface area contributed by atoms with Crippen molar-refractivity contribution < 1.29 is 22.7 Å². The van der Waals surface area contributed by atoms with Gasteiger partial charge in [0.05, 0.1) is 17.7 Å². The molecule has 0 heterocycles. The topological polar surface area (TPSA) is 96.0 Å². The number of halogens is 1. The lowest BCUT2D eigenvalue weighted by Gasteiger charge is -2.34. The molecule has 45 heavy (non-hydrogen) atoms. The lowest BCUT2D eigenvalue weighted by Crippen LogP contribution is -2.53. The number of ether oxygens (including phenoxy) is 1. The molecule has 0 saturated carbocycles. The van der Waals surface area contributed by atoms with Crippen LogP contribution in [0, 0.1) is 5.92 Å². The first kappa shape index (κ1) is 33.6. The van der Waals surface area contributed by atoms with E-state index in [1.54, 1.807) is 61.7 Å². The van der Waals surface area contributed by atoms with E-state index >= 15 is 0 Å². The van der Waals surface area contributed by atoms with E-state index in [2.05, 4.69) is 5.32 Å². The van der Waals surface area contributed by atoms with Crippen molar-refractivity contribution >= 4 is 39.1 Å². The highest BCUT2D eigenvalue weighted by Gasteiger charge is 2.34. The Morgan fingerprint density at radius 2 is 1.49 bits per heavy atom. The molecular weight excluding hydrogens is 610 g/mol. The number of rotatable bonds is 14. The number of nitrogens with zero attached hydrogens (tertiary/aromatic N) is 2. The fourth-order valence-corrected chi connectivity index (χ4v) is 6.44. The van der Waals surface area contributed by atoms with Crippen LogP contribution in [-0.4, -0.2) is 51.4 Å². The summed E-state index contributed by atoms with van der Waals surface area (Å²) in [4.78, 5) is 29.8. The van der Waals surface area contributed by atoms with Gasteiger partial charge in [-0.3, -0.25) is 13.9 Å². The average Bonchev–Trinajstić information content (AvgIpc) is 3.04. The van der Waals surface area contributed by atoms with Gasteiger partial charge in [0, 0.05) is 24.5 Å². The second-order valence-corrected chi connectivity index (χ2v) is 13.3. The van der Waals surface area contributed by atoms with Gasteiger partial charge < -0.3 is 15.0 Å². The zero-order valence-electron chi connectivity index (χ0n) is 25.6. The SMILES string of the molecule is COc1cccc(CN(C(=O)CN(c2cccc(Cl)c2)S(=O)(=O)c2ccccc2)[C@H](Cc2ccccc2)C(=O)NCC(C)C)c1. The fourth-order valence-electron chi connectivity index (χ4n) is 4.82. The molecule has 0 aromatic heterocycles. The molecule has 4 rings (SSSR count). The predicted molar refractivity (Wildman–Crippen MR) is 178 cm³/mol. The molecule has 10 heteroatoms. The lowest BCUT2D eigenvalue weighted by molar-refractivity contribution is -0.140. The van der Waals surface area contributed by atoms with Crippen LogP contribution in [0.5, 0.6) is 5.75 Å². The fraction of sp³-hybridized carbons (Fsp3) is 0.257. The van der Waals surface area contributed by atoms with Crippen LogP contribution in [-0.2, 0) is 32.6 Å². The summed E-state index contributed by atoms with van der Waals surface area (Å²) >= 11 is 6.28. The number of amides is 2. The third-order valence-corrected chi connectivity index (χ3v) is 9.17. The monoisotopic (exact) mass is 647 g/mol. The number of sulfonamides is 1. The van der Waals surface area contributed by atoms with Gasteiger partial charge >= 0.3 is 0 Å². The van der Waals surface area contributed by atoms with Gasteiger partial charge in [0.1, 0.15) is 18.3 Å². The van der Waals surface area contributed by atoms with Crippen molar-refractivity contribution in [2.75, 3.05) is 24.5 Å². The number of hydrogen-bond acceptors (Lipinski definition) is 5. The normalized spacial score (nSPS) is 11.9. The molecule has 0 saturated heterocycles. The molecule has 2 amide bonds. The number of hydrogen-bond donors (Lipinski definition) is 1. The highest BCUT2D eigenvalue weighted by Crippen LogP contribution is 2.27. The molecule has 8 nitrogen and oxygen atoms in total. The third kappa shape index (κ3) is 9.09. The minimum Gasteiger partial charge on any atom is -0.497 e. The largest absolute Gasteiger partial charge is 0.497 e. The first-order valence-corrected chi connectivity index (χ1v) is 16.5. The molecule has 0 aliphatic rings. The van der Waals surface area contributed by atoms with Crippen LogP contribution in [0.1, 0.15) is 25.0 Å². The number of carbonyl (C=O) groups is 2. The molecule has 0 radical (unpaired) electrons. The zero-order valence-corrected chi connectivity index (χ0v) is 27.2. The summed E-state index contributed by atoms with van der Waals surface area (Å²) in [5.41, 5.74) is 1.80. The number of benzene rings is 4. The summed E-state index contributed by atoms with van der Waals surface area (Å²) in [5.74, 6) is -0.110. The van der Waals surface area contributed by atoms with Crippen molar-refractivity contribution in [2.45, 2.75) is 37.8 Å². The smallest absolute Gasteiger partial charge is 0.264 e. The highest BCUT2D eigenvalue weighted by molar-refractivity contribution is 7.92. The summed E-state index contributed by atoms with van der Waals surface area (Å²) in [6, 6.07) is 30.0. The maximum absolute atomic E-state index is 14.5. The van der Waals surface area contributed by atoms with Gasteiger partial charge in [-0.15, -0.1) is 0 Å². The molecule has 0 bridgehead atoms. The van der Waals surface area contributed by atoms with E-state index in [1.807, 2.05) is 50.2 Å².